The number of hydrogen-bond acceptors (Lipinski definition) is 6. The molecule has 2 aromatic carbocycles. The minimum Gasteiger partial charge on any atom is -0.489 e. The number of ether oxygens (including phenoxy) is 2. The summed E-state index contributed by atoms with van der Waals surface area (Å²) in [7, 11) is 1.90. The summed E-state index contributed by atoms with van der Waals surface area (Å²) in [6, 6.07) is 15.1. The van der Waals surface area contributed by atoms with Crippen molar-refractivity contribution in [3.63, 3.8) is 0 Å². The number of aliphatic hydroxyl groups excluding tert-OH is 2. The predicted octanol–water partition coefficient (Wildman–Crippen LogP) is 1.84. The minimum atomic E-state index is -0.795. The molecule has 1 aliphatic carbocycles. The molecule has 1 aliphatic rings. The van der Waals surface area contributed by atoms with Gasteiger partial charge in [-0.15, -0.1) is 0 Å². The van der Waals surface area contributed by atoms with E-state index in [-0.39, 0.29) is 12.6 Å². The number of rotatable bonds is 9. The smallest absolute Gasteiger partial charge is 0.255 e. The van der Waals surface area contributed by atoms with Gasteiger partial charge in [0.2, 0.25) is 0 Å². The Hall–Kier alpha value is -2.61. The first-order chi connectivity index (χ1) is 14.4. The van der Waals surface area contributed by atoms with Crippen LogP contribution in [-0.4, -0.2) is 52.9 Å². The molecule has 2 aromatic rings. The highest BCUT2D eigenvalue weighted by atomic mass is 16.5. The van der Waals surface area contributed by atoms with Crippen molar-refractivity contribution in [2.45, 2.75) is 50.7 Å². The molecule has 0 saturated heterocycles. The lowest BCUT2D eigenvalue weighted by molar-refractivity contribution is -0.119. The zero-order chi connectivity index (χ0) is 21.5. The second-order valence-electron chi connectivity index (χ2n) is 7.77. The number of aliphatic hydroxyl groups is 2. The van der Waals surface area contributed by atoms with Crippen LogP contribution in [0.15, 0.2) is 48.5 Å². The van der Waals surface area contributed by atoms with Gasteiger partial charge in [-0.05, 0) is 50.1 Å². The number of hydrogen-bond donors (Lipinski definition) is 3. The van der Waals surface area contributed by atoms with E-state index in [1.54, 1.807) is 12.1 Å². The number of carbonyl (C=O) groups is 1. The lowest BCUT2D eigenvalue weighted by Crippen LogP contribution is -2.49. The molecular weight excluding hydrogens is 384 g/mol. The van der Waals surface area contributed by atoms with Crippen molar-refractivity contribution in [3.05, 3.63) is 59.7 Å². The predicted molar refractivity (Wildman–Crippen MR) is 113 cm³/mol. The lowest BCUT2D eigenvalue weighted by Gasteiger charge is -2.38. The Morgan fingerprint density at radius 3 is 2.63 bits per heavy atom. The van der Waals surface area contributed by atoms with Crippen LogP contribution < -0.4 is 15.2 Å². The molecule has 162 valence electrons. The van der Waals surface area contributed by atoms with Crippen molar-refractivity contribution >= 4 is 5.91 Å². The molecule has 0 spiro atoms. The van der Waals surface area contributed by atoms with Crippen molar-refractivity contribution < 1.29 is 24.5 Å². The molecule has 1 saturated carbocycles. The maximum Gasteiger partial charge on any atom is 0.255 e. The van der Waals surface area contributed by atoms with Crippen molar-refractivity contribution in [2.24, 2.45) is 5.73 Å². The number of carbonyl (C=O) groups excluding carboxylic acids is 1. The molecule has 1 fully saturated rings. The maximum atomic E-state index is 11.2. The summed E-state index contributed by atoms with van der Waals surface area (Å²) < 4.78 is 11.5. The van der Waals surface area contributed by atoms with E-state index in [0.717, 1.165) is 24.0 Å². The van der Waals surface area contributed by atoms with E-state index in [9.17, 15) is 15.0 Å². The molecular formula is C23H30N2O5. The first kappa shape index (κ1) is 22.1. The molecule has 7 nitrogen and oxygen atoms in total. The Morgan fingerprint density at radius 1 is 1.13 bits per heavy atom. The van der Waals surface area contributed by atoms with Crippen LogP contribution in [0.5, 0.6) is 11.5 Å². The quantitative estimate of drug-likeness (QED) is 0.578. The molecule has 0 aliphatic heterocycles. The number of nitrogens with zero attached hydrogens (tertiary/aromatic N) is 1. The Balaban J connectivity index is 1.75. The molecule has 3 rings (SSSR count). The summed E-state index contributed by atoms with van der Waals surface area (Å²) in [6.45, 7) is 0.682. The second kappa shape index (κ2) is 10.4. The highest BCUT2D eigenvalue weighted by Gasteiger charge is 2.33. The second-order valence-corrected chi connectivity index (χ2v) is 7.77. The monoisotopic (exact) mass is 414 g/mol. The third-order valence-electron chi connectivity index (χ3n) is 5.42. The van der Waals surface area contributed by atoms with Crippen LogP contribution in [0.3, 0.4) is 0 Å². The first-order valence-electron chi connectivity index (χ1n) is 10.2. The van der Waals surface area contributed by atoms with Crippen LogP contribution in [0.2, 0.25) is 0 Å². The van der Waals surface area contributed by atoms with Gasteiger partial charge >= 0.3 is 0 Å². The zero-order valence-corrected chi connectivity index (χ0v) is 17.2. The van der Waals surface area contributed by atoms with Gasteiger partial charge in [0.15, 0.2) is 6.61 Å². The van der Waals surface area contributed by atoms with Gasteiger partial charge in [0, 0.05) is 18.2 Å². The molecule has 4 N–H and O–H groups in total. The van der Waals surface area contributed by atoms with E-state index >= 15 is 0 Å². The van der Waals surface area contributed by atoms with Gasteiger partial charge in [0.05, 0.1) is 12.2 Å². The molecule has 7 heteroatoms. The van der Waals surface area contributed by atoms with Gasteiger partial charge in [-0.1, -0.05) is 30.3 Å². The normalized spacial score (nSPS) is 21.4. The summed E-state index contributed by atoms with van der Waals surface area (Å²) >= 11 is 0. The fraction of sp³-hybridized carbons (Fsp3) is 0.435. The Bertz CT molecular complexity index is 830. The van der Waals surface area contributed by atoms with Crippen molar-refractivity contribution in [1.82, 2.24) is 4.90 Å². The molecule has 3 atom stereocenters. The number of nitrogens with two attached hydrogens (primary N) is 1. The Morgan fingerprint density at radius 2 is 1.90 bits per heavy atom. The zero-order valence-electron chi connectivity index (χ0n) is 17.2. The van der Waals surface area contributed by atoms with Gasteiger partial charge in [0.25, 0.3) is 5.91 Å². The van der Waals surface area contributed by atoms with E-state index < -0.39 is 18.1 Å². The summed E-state index contributed by atoms with van der Waals surface area (Å²) in [5.41, 5.74) is 7.10. The maximum absolute atomic E-state index is 11.2. The van der Waals surface area contributed by atoms with Gasteiger partial charge in [-0.25, -0.2) is 0 Å². The van der Waals surface area contributed by atoms with Gasteiger partial charge in [0.1, 0.15) is 18.1 Å². The number of primary amides is 1. The summed E-state index contributed by atoms with van der Waals surface area (Å²) in [5.74, 6) is 0.668. The third-order valence-corrected chi connectivity index (χ3v) is 5.42. The molecule has 0 heterocycles. The Labute approximate surface area is 177 Å². The van der Waals surface area contributed by atoms with Crippen LogP contribution in [0.1, 0.15) is 30.4 Å². The minimum absolute atomic E-state index is 0.161. The van der Waals surface area contributed by atoms with Crippen LogP contribution in [-0.2, 0) is 17.9 Å². The largest absolute Gasteiger partial charge is 0.489 e. The average molecular weight is 415 g/mol. The van der Waals surface area contributed by atoms with Crippen LogP contribution in [0, 0.1) is 0 Å². The van der Waals surface area contributed by atoms with E-state index in [1.165, 1.54) is 0 Å². The average Bonchev–Trinajstić information content (AvgIpc) is 2.74. The molecule has 0 aromatic heterocycles. The van der Waals surface area contributed by atoms with Gasteiger partial charge in [-0.3, -0.25) is 9.69 Å². The highest BCUT2D eigenvalue weighted by Crippen LogP contribution is 2.29. The Kier molecular flexibility index (Phi) is 7.68. The fourth-order valence-electron chi connectivity index (χ4n) is 3.80. The van der Waals surface area contributed by atoms with E-state index in [4.69, 9.17) is 15.2 Å². The number of amides is 1. The standard InChI is InChI=1S/C23H30N2O5/c1-25(19-8-5-9-20(26)23(19)28)13-17-12-18(10-11-21(17)30-15-22(24)27)29-14-16-6-3-2-4-7-16/h2-4,6-7,10-12,19-20,23,26,28H,5,8-9,13-15H2,1H3,(H2,24,27)/t19-,20-,23-/m1/s1. The van der Waals surface area contributed by atoms with Crippen LogP contribution >= 0.6 is 0 Å². The third kappa shape index (κ3) is 5.95. The topological polar surface area (TPSA) is 105 Å². The van der Waals surface area contributed by atoms with E-state index in [2.05, 4.69) is 0 Å². The number of benzene rings is 2. The lowest BCUT2D eigenvalue weighted by atomic mass is 9.89. The first-order valence-corrected chi connectivity index (χ1v) is 10.2. The molecule has 1 amide bonds. The summed E-state index contributed by atoms with van der Waals surface area (Å²) in [4.78, 5) is 13.2. The fourth-order valence-corrected chi connectivity index (χ4v) is 3.80. The van der Waals surface area contributed by atoms with Crippen LogP contribution in [0.25, 0.3) is 0 Å². The number of likely N-dealkylation sites (N-methyl/N-ethyl adjacent to an activating group) is 1. The van der Waals surface area contributed by atoms with Crippen molar-refractivity contribution in [1.29, 1.82) is 0 Å². The van der Waals surface area contributed by atoms with Gasteiger partial charge < -0.3 is 25.4 Å². The molecule has 30 heavy (non-hydrogen) atoms. The molecule has 0 radical (unpaired) electrons. The molecule has 0 unspecified atom stereocenters. The van der Waals surface area contributed by atoms with Crippen molar-refractivity contribution in [2.75, 3.05) is 13.7 Å². The summed E-state index contributed by atoms with van der Waals surface area (Å²) in [6.07, 6.45) is 0.768. The van der Waals surface area contributed by atoms with Crippen molar-refractivity contribution in [3.8, 4) is 11.5 Å². The highest BCUT2D eigenvalue weighted by molar-refractivity contribution is 5.75. The van der Waals surface area contributed by atoms with E-state index in [1.807, 2.05) is 48.3 Å². The SMILES string of the molecule is CN(Cc1cc(OCc2ccccc2)ccc1OCC(N)=O)[C@@H]1CCC[C@@H](O)[C@@H]1O. The van der Waals surface area contributed by atoms with E-state index in [0.29, 0.717) is 31.1 Å². The summed E-state index contributed by atoms with van der Waals surface area (Å²) in [5, 5.41) is 20.4. The molecule has 0 bridgehead atoms. The van der Waals surface area contributed by atoms with Gasteiger partial charge in [-0.2, -0.15) is 0 Å². The van der Waals surface area contributed by atoms with Crippen LogP contribution in [0.4, 0.5) is 0 Å².